The molecule has 0 radical (unpaired) electrons. The van der Waals surface area contributed by atoms with Crippen molar-refractivity contribution in [1.29, 1.82) is 0 Å². The Balaban J connectivity index is 1.49. The third-order valence-electron chi connectivity index (χ3n) is 5.82. The molecule has 35 heavy (non-hydrogen) atoms. The molecule has 2 N–H and O–H groups in total. The molecule has 4 rings (SSSR count). The number of anilines is 1. The van der Waals surface area contributed by atoms with Crippen LogP contribution >= 0.6 is 45.8 Å². The SMILES string of the molecule is COc1cc(C(=O)NC2CCC(I)(Nc3cc(C(F)(F)F)nc4ccc(Cl)cc34)CC2)c(Cl)cn1. The van der Waals surface area contributed by atoms with E-state index in [0.717, 1.165) is 6.07 Å². The maximum atomic E-state index is 13.5. The molecular weight excluding hydrogens is 619 g/mol. The van der Waals surface area contributed by atoms with Gasteiger partial charge in [0.1, 0.15) is 5.69 Å². The predicted octanol–water partition coefficient (Wildman–Crippen LogP) is 6.88. The average molecular weight is 639 g/mol. The second kappa shape index (κ2) is 10.1. The number of pyridine rings is 2. The molecule has 1 amide bonds. The van der Waals surface area contributed by atoms with E-state index in [-0.39, 0.29) is 33.9 Å². The highest BCUT2D eigenvalue weighted by Crippen LogP contribution is 2.41. The fourth-order valence-corrected chi connectivity index (χ4v) is 5.28. The number of hydrogen-bond donors (Lipinski definition) is 2. The van der Waals surface area contributed by atoms with Crippen molar-refractivity contribution in [3.63, 3.8) is 0 Å². The van der Waals surface area contributed by atoms with E-state index in [9.17, 15) is 18.0 Å². The number of rotatable bonds is 5. The zero-order valence-electron chi connectivity index (χ0n) is 18.3. The summed E-state index contributed by atoms with van der Waals surface area (Å²) in [5.41, 5.74) is -0.182. The highest BCUT2D eigenvalue weighted by Gasteiger charge is 2.37. The lowest BCUT2D eigenvalue weighted by molar-refractivity contribution is -0.140. The van der Waals surface area contributed by atoms with Crippen molar-refractivity contribution < 1.29 is 22.7 Å². The van der Waals surface area contributed by atoms with Gasteiger partial charge in [0, 0.05) is 28.2 Å². The molecule has 0 spiro atoms. The Bertz CT molecular complexity index is 1270. The lowest BCUT2D eigenvalue weighted by Gasteiger charge is -2.38. The van der Waals surface area contributed by atoms with Crippen LogP contribution in [-0.4, -0.2) is 32.6 Å². The molecule has 2 aromatic heterocycles. The Morgan fingerprint density at radius 3 is 2.57 bits per heavy atom. The Labute approximate surface area is 223 Å². The molecule has 186 valence electrons. The first-order chi connectivity index (χ1) is 16.5. The highest BCUT2D eigenvalue weighted by molar-refractivity contribution is 14.1. The van der Waals surface area contributed by atoms with E-state index in [1.807, 2.05) is 0 Å². The molecule has 1 aliphatic rings. The molecule has 3 aromatic rings. The smallest absolute Gasteiger partial charge is 0.433 e. The number of ether oxygens (including phenoxy) is 1. The van der Waals surface area contributed by atoms with E-state index in [1.165, 1.54) is 31.5 Å². The molecule has 6 nitrogen and oxygen atoms in total. The van der Waals surface area contributed by atoms with E-state index >= 15 is 0 Å². The second-order valence-electron chi connectivity index (χ2n) is 8.26. The predicted molar refractivity (Wildman–Crippen MR) is 138 cm³/mol. The summed E-state index contributed by atoms with van der Waals surface area (Å²) in [4.78, 5) is 20.5. The largest absolute Gasteiger partial charge is 0.481 e. The maximum Gasteiger partial charge on any atom is 0.433 e. The first-order valence-electron chi connectivity index (χ1n) is 10.6. The number of aromatic nitrogens is 2. The molecule has 12 heteroatoms. The quantitative estimate of drug-likeness (QED) is 0.181. The number of amides is 1. The summed E-state index contributed by atoms with van der Waals surface area (Å²) in [6, 6.07) is 6.97. The molecule has 0 saturated heterocycles. The number of methoxy groups -OCH3 is 1. The summed E-state index contributed by atoms with van der Waals surface area (Å²) in [6.45, 7) is 0. The van der Waals surface area contributed by atoms with Crippen molar-refractivity contribution >= 4 is 68.3 Å². The van der Waals surface area contributed by atoms with Gasteiger partial charge in [-0.1, -0.05) is 45.8 Å². The molecule has 0 unspecified atom stereocenters. The van der Waals surface area contributed by atoms with Gasteiger partial charge in [-0.15, -0.1) is 0 Å². The van der Waals surface area contributed by atoms with Crippen molar-refractivity contribution in [3.8, 4) is 5.88 Å². The number of carbonyl (C=O) groups excluding carboxylic acids is 1. The van der Waals surface area contributed by atoms with Crippen LogP contribution in [0.1, 0.15) is 41.7 Å². The topological polar surface area (TPSA) is 76.1 Å². The number of nitrogens with one attached hydrogen (secondary N) is 2. The van der Waals surface area contributed by atoms with Gasteiger partial charge in [-0.25, -0.2) is 9.97 Å². The normalized spacial score (nSPS) is 20.5. The molecule has 0 atom stereocenters. The molecule has 1 fully saturated rings. The van der Waals surface area contributed by atoms with Gasteiger partial charge in [-0.2, -0.15) is 13.2 Å². The first kappa shape index (κ1) is 26.0. The molecule has 2 heterocycles. The van der Waals surface area contributed by atoms with E-state index in [0.29, 0.717) is 41.8 Å². The third kappa shape index (κ3) is 6.03. The van der Waals surface area contributed by atoms with Crippen LogP contribution in [-0.2, 0) is 6.18 Å². The van der Waals surface area contributed by atoms with E-state index in [2.05, 4.69) is 43.2 Å². The monoisotopic (exact) mass is 638 g/mol. The lowest BCUT2D eigenvalue weighted by Crippen LogP contribution is -2.44. The average Bonchev–Trinajstić information content (AvgIpc) is 2.80. The van der Waals surface area contributed by atoms with Crippen molar-refractivity contribution in [2.24, 2.45) is 0 Å². The lowest BCUT2D eigenvalue weighted by atomic mass is 9.90. The van der Waals surface area contributed by atoms with Crippen LogP contribution in [0.2, 0.25) is 10.0 Å². The van der Waals surface area contributed by atoms with Gasteiger partial charge in [0.15, 0.2) is 0 Å². The number of benzene rings is 1. The summed E-state index contributed by atoms with van der Waals surface area (Å²) in [7, 11) is 1.45. The summed E-state index contributed by atoms with van der Waals surface area (Å²) in [6.07, 6.45) is -0.762. The number of fused-ring (bicyclic) bond motifs is 1. The highest BCUT2D eigenvalue weighted by atomic mass is 127. The zero-order valence-corrected chi connectivity index (χ0v) is 22.0. The van der Waals surface area contributed by atoms with Gasteiger partial charge in [-0.05, 0) is 49.9 Å². The molecule has 0 aliphatic heterocycles. The van der Waals surface area contributed by atoms with Gasteiger partial charge in [-0.3, -0.25) is 4.79 Å². The summed E-state index contributed by atoms with van der Waals surface area (Å²) >= 11 is 14.5. The van der Waals surface area contributed by atoms with Gasteiger partial charge in [0.25, 0.3) is 5.91 Å². The van der Waals surface area contributed by atoms with Crippen LogP contribution in [0.25, 0.3) is 10.9 Å². The molecule has 1 aliphatic carbocycles. The summed E-state index contributed by atoms with van der Waals surface area (Å²) < 4.78 is 44.9. The number of nitrogens with zero attached hydrogens (tertiary/aromatic N) is 2. The van der Waals surface area contributed by atoms with Crippen LogP contribution in [0, 0.1) is 0 Å². The fraction of sp³-hybridized carbons (Fsp3) is 0.348. The van der Waals surface area contributed by atoms with Crippen LogP contribution in [0.3, 0.4) is 0 Å². The first-order valence-corrected chi connectivity index (χ1v) is 12.5. The molecular formula is C23H20Cl2F3IN4O2. The zero-order chi connectivity index (χ0) is 25.4. The molecule has 1 saturated carbocycles. The minimum atomic E-state index is -4.58. The van der Waals surface area contributed by atoms with E-state index in [4.69, 9.17) is 27.9 Å². The summed E-state index contributed by atoms with van der Waals surface area (Å²) in [5.74, 6) is -0.0548. The number of hydrogen-bond acceptors (Lipinski definition) is 5. The number of carbonyl (C=O) groups is 1. The molecule has 0 bridgehead atoms. The Kier molecular flexibility index (Phi) is 7.54. The van der Waals surface area contributed by atoms with Crippen molar-refractivity contribution in [3.05, 3.63) is 57.8 Å². The van der Waals surface area contributed by atoms with Gasteiger partial charge < -0.3 is 15.4 Å². The minimum Gasteiger partial charge on any atom is -0.481 e. The fourth-order valence-electron chi connectivity index (χ4n) is 4.00. The van der Waals surface area contributed by atoms with Crippen LogP contribution < -0.4 is 15.4 Å². The van der Waals surface area contributed by atoms with Crippen LogP contribution in [0.4, 0.5) is 18.9 Å². The van der Waals surface area contributed by atoms with Gasteiger partial charge in [0.2, 0.25) is 5.88 Å². The van der Waals surface area contributed by atoms with E-state index < -0.39 is 15.4 Å². The van der Waals surface area contributed by atoms with Crippen molar-refractivity contribution in [1.82, 2.24) is 15.3 Å². The van der Waals surface area contributed by atoms with Crippen LogP contribution in [0.15, 0.2) is 36.5 Å². The van der Waals surface area contributed by atoms with Crippen molar-refractivity contribution in [2.75, 3.05) is 12.4 Å². The second-order valence-corrected chi connectivity index (χ2v) is 11.2. The van der Waals surface area contributed by atoms with Gasteiger partial charge in [0.05, 0.1) is 33.0 Å². The maximum absolute atomic E-state index is 13.5. The standard InChI is InChI=1S/C23H20Cl2F3IN4O2/c1-35-20-9-14(16(25)11-30-20)21(34)31-13-4-6-22(29,7-5-13)33-18-10-19(23(26,27)28)32-17-3-2-12(24)8-15(17)18/h2-3,8-11,13H,4-7H2,1H3,(H,31,34)(H,32,33). The molecule has 1 aromatic carbocycles. The number of halogens is 6. The Hall–Kier alpha value is -2.05. The summed E-state index contributed by atoms with van der Waals surface area (Å²) in [5, 5.41) is 7.41. The number of alkyl halides is 4. The third-order valence-corrected chi connectivity index (χ3v) is 7.70. The van der Waals surface area contributed by atoms with Crippen LogP contribution in [0.5, 0.6) is 5.88 Å². The Morgan fingerprint density at radius 1 is 1.20 bits per heavy atom. The minimum absolute atomic E-state index is 0.114. The van der Waals surface area contributed by atoms with E-state index in [1.54, 1.807) is 6.07 Å². The van der Waals surface area contributed by atoms with Crippen molar-refractivity contribution in [2.45, 2.75) is 41.4 Å². The Morgan fingerprint density at radius 2 is 1.91 bits per heavy atom. The van der Waals surface area contributed by atoms with Gasteiger partial charge >= 0.3 is 6.18 Å².